The summed E-state index contributed by atoms with van der Waals surface area (Å²) in [6.45, 7) is 0. The van der Waals surface area contributed by atoms with E-state index in [9.17, 15) is 35.1 Å². The molecule has 0 fully saturated rings. The maximum atomic E-state index is 11.3. The average Bonchev–Trinajstić information content (AvgIpc) is 2.54. The molecule has 0 spiro atoms. The smallest absolute Gasteiger partial charge is 0.335 e. The number of nitro groups is 3. The third-order valence-corrected chi connectivity index (χ3v) is 3.25. The zero-order chi connectivity index (χ0) is 19.6. The van der Waals surface area contributed by atoms with Gasteiger partial charge in [0.1, 0.15) is 0 Å². The summed E-state index contributed by atoms with van der Waals surface area (Å²) in [5, 5.41) is 44.8. The molecule has 13 nitrogen and oxygen atoms in total. The number of nitrogens with one attached hydrogen (secondary N) is 1. The van der Waals surface area contributed by atoms with Crippen LogP contribution in [0.2, 0.25) is 0 Å². The van der Waals surface area contributed by atoms with Crippen LogP contribution in [0.4, 0.5) is 34.1 Å². The minimum absolute atomic E-state index is 0.0237. The van der Waals surface area contributed by atoms with Crippen molar-refractivity contribution in [2.24, 2.45) is 0 Å². The van der Waals surface area contributed by atoms with E-state index in [1.807, 2.05) is 0 Å². The first-order chi connectivity index (χ1) is 12.1. The molecule has 26 heavy (non-hydrogen) atoms. The van der Waals surface area contributed by atoms with Crippen LogP contribution in [-0.2, 0) is 0 Å². The van der Waals surface area contributed by atoms with E-state index in [0.29, 0.717) is 6.07 Å². The van der Waals surface area contributed by atoms with Gasteiger partial charge in [-0.3, -0.25) is 30.3 Å². The van der Waals surface area contributed by atoms with Crippen molar-refractivity contribution in [2.45, 2.75) is 0 Å². The monoisotopic (exact) mass is 363 g/mol. The lowest BCUT2D eigenvalue weighted by Crippen LogP contribution is -2.08. The number of anilines is 3. The van der Waals surface area contributed by atoms with Crippen molar-refractivity contribution in [1.29, 1.82) is 0 Å². The Morgan fingerprint density at radius 1 is 1.00 bits per heavy atom. The largest absolute Gasteiger partial charge is 0.478 e. The number of carboxylic acids is 1. The SMILES string of the molecule is Nc1c([N+](=O)[O-])cc([N+](=O)[O-])c(Nc2cccc(C(=O)O)c2)c1[N+](=O)[O-]. The molecule has 0 aliphatic carbocycles. The zero-order valence-corrected chi connectivity index (χ0v) is 12.6. The Bertz CT molecular complexity index is 958. The Balaban J connectivity index is 2.74. The summed E-state index contributed by atoms with van der Waals surface area (Å²) in [5.41, 5.74) is 0.647. The summed E-state index contributed by atoms with van der Waals surface area (Å²) in [7, 11) is 0. The Hall–Kier alpha value is -4.29. The first kappa shape index (κ1) is 18.1. The average molecular weight is 363 g/mol. The quantitative estimate of drug-likeness (QED) is 0.388. The second-order valence-corrected chi connectivity index (χ2v) is 4.83. The highest BCUT2D eigenvalue weighted by atomic mass is 16.6. The van der Waals surface area contributed by atoms with Gasteiger partial charge in [0, 0.05) is 5.69 Å². The molecular formula is C13H9N5O8. The molecule has 0 saturated carbocycles. The van der Waals surface area contributed by atoms with E-state index in [4.69, 9.17) is 10.8 Å². The standard InChI is InChI=1S/C13H9N5O8/c14-10-8(16(21)22)5-9(17(23)24)11(12(10)18(25)26)15-7-3-1-2-6(4-7)13(19)20/h1-5,15H,14H2,(H,19,20). The van der Waals surface area contributed by atoms with Crippen molar-refractivity contribution in [3.63, 3.8) is 0 Å². The summed E-state index contributed by atoms with van der Waals surface area (Å²) in [6, 6.07) is 5.41. The van der Waals surface area contributed by atoms with Crippen molar-refractivity contribution in [1.82, 2.24) is 0 Å². The molecule has 0 amide bonds. The number of nitro benzene ring substituents is 3. The van der Waals surface area contributed by atoms with Crippen molar-refractivity contribution in [2.75, 3.05) is 11.1 Å². The van der Waals surface area contributed by atoms with Crippen LogP contribution in [0.25, 0.3) is 0 Å². The van der Waals surface area contributed by atoms with Gasteiger partial charge in [0.15, 0.2) is 11.4 Å². The van der Waals surface area contributed by atoms with Crippen molar-refractivity contribution in [3.05, 3.63) is 66.2 Å². The molecule has 0 radical (unpaired) electrons. The van der Waals surface area contributed by atoms with Gasteiger partial charge in [-0.2, -0.15) is 0 Å². The van der Waals surface area contributed by atoms with Gasteiger partial charge < -0.3 is 16.2 Å². The van der Waals surface area contributed by atoms with Crippen LogP contribution >= 0.6 is 0 Å². The Labute approximate surface area is 143 Å². The Kier molecular flexibility index (Phi) is 4.64. The van der Waals surface area contributed by atoms with Gasteiger partial charge in [-0.05, 0) is 18.2 Å². The highest BCUT2D eigenvalue weighted by molar-refractivity contribution is 5.92. The molecule has 0 heterocycles. The van der Waals surface area contributed by atoms with Gasteiger partial charge in [0.05, 0.1) is 26.4 Å². The van der Waals surface area contributed by atoms with E-state index in [1.54, 1.807) is 0 Å². The number of nitrogens with zero attached hydrogens (tertiary/aromatic N) is 3. The summed E-state index contributed by atoms with van der Waals surface area (Å²) < 4.78 is 0. The van der Waals surface area contributed by atoms with Crippen molar-refractivity contribution in [3.8, 4) is 0 Å². The molecule has 0 saturated heterocycles. The number of nitrogens with two attached hydrogens (primary N) is 1. The molecule has 0 bridgehead atoms. The fourth-order valence-corrected chi connectivity index (χ4v) is 2.14. The van der Waals surface area contributed by atoms with Crippen molar-refractivity contribution >= 4 is 40.1 Å². The molecule has 0 aromatic heterocycles. The van der Waals surface area contributed by atoms with E-state index in [0.717, 1.165) is 6.07 Å². The summed E-state index contributed by atoms with van der Waals surface area (Å²) in [5.74, 6) is -1.29. The predicted molar refractivity (Wildman–Crippen MR) is 87.5 cm³/mol. The van der Waals surface area contributed by atoms with Gasteiger partial charge in [0.2, 0.25) is 0 Å². The second-order valence-electron chi connectivity index (χ2n) is 4.83. The molecule has 134 valence electrons. The van der Waals surface area contributed by atoms with Crippen LogP contribution < -0.4 is 11.1 Å². The van der Waals surface area contributed by atoms with E-state index in [1.165, 1.54) is 18.2 Å². The normalized spacial score (nSPS) is 10.2. The molecule has 2 aromatic carbocycles. The fourth-order valence-electron chi connectivity index (χ4n) is 2.14. The lowest BCUT2D eigenvalue weighted by atomic mass is 10.1. The number of hydrogen-bond acceptors (Lipinski definition) is 9. The predicted octanol–water partition coefficient (Wildman–Crippen LogP) is 2.44. The van der Waals surface area contributed by atoms with Crippen LogP contribution in [0.3, 0.4) is 0 Å². The maximum Gasteiger partial charge on any atom is 0.335 e. The molecule has 0 atom stereocenters. The van der Waals surface area contributed by atoms with Crippen LogP contribution in [0.5, 0.6) is 0 Å². The topological polar surface area (TPSA) is 205 Å². The van der Waals surface area contributed by atoms with Crippen LogP contribution in [0, 0.1) is 30.3 Å². The Morgan fingerprint density at radius 2 is 1.62 bits per heavy atom. The number of aromatic carboxylic acids is 1. The molecule has 2 aromatic rings. The van der Waals surface area contributed by atoms with E-state index in [2.05, 4.69) is 5.32 Å². The molecular weight excluding hydrogens is 354 g/mol. The van der Waals surface area contributed by atoms with Crippen molar-refractivity contribution < 1.29 is 24.7 Å². The zero-order valence-electron chi connectivity index (χ0n) is 12.6. The van der Waals surface area contributed by atoms with Gasteiger partial charge in [-0.15, -0.1) is 0 Å². The lowest BCUT2D eigenvalue weighted by Gasteiger charge is -2.10. The van der Waals surface area contributed by atoms with Crippen LogP contribution in [0.15, 0.2) is 30.3 Å². The van der Waals surface area contributed by atoms with Crippen LogP contribution in [0.1, 0.15) is 10.4 Å². The third kappa shape index (κ3) is 3.30. The fraction of sp³-hybridized carbons (Fsp3) is 0. The number of benzene rings is 2. The highest BCUT2D eigenvalue weighted by Crippen LogP contribution is 2.45. The first-order valence-corrected chi connectivity index (χ1v) is 6.63. The van der Waals surface area contributed by atoms with Gasteiger partial charge in [0.25, 0.3) is 0 Å². The first-order valence-electron chi connectivity index (χ1n) is 6.63. The molecule has 0 aliphatic heterocycles. The van der Waals surface area contributed by atoms with Gasteiger partial charge >= 0.3 is 23.0 Å². The molecule has 2 rings (SSSR count). The van der Waals surface area contributed by atoms with Gasteiger partial charge in [-0.25, -0.2) is 4.79 Å². The minimum Gasteiger partial charge on any atom is -0.478 e. The summed E-state index contributed by atoms with van der Waals surface area (Å²) >= 11 is 0. The summed E-state index contributed by atoms with van der Waals surface area (Å²) in [4.78, 5) is 41.3. The Morgan fingerprint density at radius 3 is 2.12 bits per heavy atom. The number of hydrogen-bond donors (Lipinski definition) is 3. The van der Waals surface area contributed by atoms with Crippen LogP contribution in [-0.4, -0.2) is 25.8 Å². The highest BCUT2D eigenvalue weighted by Gasteiger charge is 2.35. The maximum absolute atomic E-state index is 11.3. The molecule has 0 unspecified atom stereocenters. The summed E-state index contributed by atoms with van der Waals surface area (Å²) in [6.07, 6.45) is 0. The number of carbonyl (C=O) groups is 1. The second kappa shape index (κ2) is 6.68. The third-order valence-electron chi connectivity index (χ3n) is 3.25. The van der Waals surface area contributed by atoms with E-state index < -0.39 is 49.2 Å². The minimum atomic E-state index is -1.29. The number of nitrogen functional groups attached to an aromatic ring is 1. The molecule has 0 aliphatic rings. The molecule has 4 N–H and O–H groups in total. The van der Waals surface area contributed by atoms with E-state index >= 15 is 0 Å². The van der Waals surface area contributed by atoms with Gasteiger partial charge in [-0.1, -0.05) is 6.07 Å². The van der Waals surface area contributed by atoms with E-state index in [-0.39, 0.29) is 11.3 Å². The number of carboxylic acid groups (broad SMARTS) is 1. The number of rotatable bonds is 6. The lowest BCUT2D eigenvalue weighted by molar-refractivity contribution is -0.400. The molecule has 13 heteroatoms.